The van der Waals surface area contributed by atoms with Crippen molar-refractivity contribution in [3.63, 3.8) is 0 Å². The Kier molecular flexibility index (Phi) is 8.17. The summed E-state index contributed by atoms with van der Waals surface area (Å²) in [6.45, 7) is 6.36. The molecule has 1 aliphatic heterocycles. The minimum Gasteiger partial charge on any atom is -0.489 e. The molecule has 1 saturated carbocycles. The van der Waals surface area contributed by atoms with Gasteiger partial charge in [0, 0.05) is 43.2 Å². The van der Waals surface area contributed by atoms with Crippen LogP contribution >= 0.6 is 0 Å². The largest absolute Gasteiger partial charge is 0.489 e. The van der Waals surface area contributed by atoms with Crippen LogP contribution in [0.2, 0.25) is 0 Å². The van der Waals surface area contributed by atoms with Gasteiger partial charge < -0.3 is 20.3 Å². The molecule has 0 unspecified atom stereocenters. The van der Waals surface area contributed by atoms with Crippen LogP contribution in [0.1, 0.15) is 63.5 Å². The average Bonchev–Trinajstić information content (AvgIpc) is 3.25. The molecule has 1 aromatic carbocycles. The molecule has 0 bridgehead atoms. The third-order valence-corrected chi connectivity index (χ3v) is 6.43. The lowest BCUT2D eigenvalue weighted by molar-refractivity contribution is -0.121. The van der Waals surface area contributed by atoms with E-state index in [-0.39, 0.29) is 29.8 Å². The second-order valence-electron chi connectivity index (χ2n) is 8.69. The molecule has 1 heterocycles. The number of nitrogens with one attached hydrogen (secondary N) is 1. The number of rotatable bonds is 9. The van der Waals surface area contributed by atoms with E-state index in [0.29, 0.717) is 25.8 Å². The first kappa shape index (κ1) is 23.4. The molecule has 0 radical (unpaired) electrons. The van der Waals surface area contributed by atoms with Crippen molar-refractivity contribution in [2.75, 3.05) is 6.54 Å². The van der Waals surface area contributed by atoms with Crippen LogP contribution in [-0.4, -0.2) is 41.0 Å². The van der Waals surface area contributed by atoms with Crippen LogP contribution in [0.15, 0.2) is 30.4 Å². The topological polar surface area (TPSA) is 78.8 Å². The fourth-order valence-corrected chi connectivity index (χ4v) is 4.71. The van der Waals surface area contributed by atoms with Gasteiger partial charge in [-0.25, -0.2) is 0 Å². The molecule has 1 amide bonds. The third kappa shape index (κ3) is 5.50. The number of para-hydroxylation sites is 1. The van der Waals surface area contributed by atoms with E-state index < -0.39 is 12.2 Å². The smallest absolute Gasteiger partial charge is 0.219 e. The van der Waals surface area contributed by atoms with Gasteiger partial charge in [0.25, 0.3) is 0 Å². The molecular weight excluding hydrogens is 390 g/mol. The molecule has 1 aliphatic carbocycles. The zero-order valence-corrected chi connectivity index (χ0v) is 18.8. The minimum absolute atomic E-state index is 0.0432. The van der Waals surface area contributed by atoms with Crippen molar-refractivity contribution in [1.29, 1.82) is 0 Å². The molecular formula is C26H35NO4. The molecule has 3 rings (SSSR count). The SMILES string of the molecule is CC#CC[C@H](C)[C@H](O)C=C[C@@H]1[C@H]2c3cccc(CCCC(=O)NCC)c3O[C@H]2C[C@H]1O. The number of hydrogen-bond donors (Lipinski definition) is 3. The molecule has 31 heavy (non-hydrogen) atoms. The number of aliphatic hydroxyl groups excluding tert-OH is 2. The van der Waals surface area contributed by atoms with Gasteiger partial charge in [-0.1, -0.05) is 37.3 Å². The second kappa shape index (κ2) is 10.8. The summed E-state index contributed by atoms with van der Waals surface area (Å²) in [5.74, 6) is 6.93. The molecule has 2 aliphatic rings. The maximum absolute atomic E-state index is 11.7. The minimum atomic E-state index is -0.588. The molecule has 5 heteroatoms. The Bertz CT molecular complexity index is 853. The number of carbonyl (C=O) groups excluding carboxylic acids is 1. The van der Waals surface area contributed by atoms with Crippen molar-refractivity contribution < 1.29 is 19.7 Å². The maximum Gasteiger partial charge on any atom is 0.219 e. The standard InChI is InChI=1S/C26H35NO4/c1-4-6-9-17(3)21(28)15-14-19-22(29)16-23-25(19)20-12-7-10-18(26(20)31-23)11-8-13-24(30)27-5-2/h7,10,12,14-15,17,19,21-23,25,28-29H,5,8-9,11,13,16H2,1-3H3,(H,27,30)/t17-,19-,21+,22+,23-,25-/m0/s1. The quantitative estimate of drug-likeness (QED) is 0.419. The van der Waals surface area contributed by atoms with Gasteiger partial charge in [0.1, 0.15) is 11.9 Å². The van der Waals surface area contributed by atoms with Crippen LogP contribution in [-0.2, 0) is 11.2 Å². The highest BCUT2D eigenvalue weighted by Gasteiger charge is 2.48. The van der Waals surface area contributed by atoms with E-state index in [1.54, 1.807) is 6.92 Å². The van der Waals surface area contributed by atoms with Gasteiger partial charge in [0.2, 0.25) is 5.91 Å². The van der Waals surface area contributed by atoms with Gasteiger partial charge in [-0.15, -0.1) is 11.8 Å². The molecule has 0 aromatic heterocycles. The van der Waals surface area contributed by atoms with E-state index in [1.165, 1.54) is 0 Å². The maximum atomic E-state index is 11.7. The highest BCUT2D eigenvalue weighted by molar-refractivity contribution is 5.75. The molecule has 5 nitrogen and oxygen atoms in total. The number of aryl methyl sites for hydroxylation is 1. The summed E-state index contributed by atoms with van der Waals surface area (Å²) in [6, 6.07) is 6.19. The number of amides is 1. The summed E-state index contributed by atoms with van der Waals surface area (Å²) in [7, 11) is 0. The predicted molar refractivity (Wildman–Crippen MR) is 122 cm³/mol. The Morgan fingerprint density at radius 3 is 2.97 bits per heavy atom. The number of ether oxygens (including phenoxy) is 1. The van der Waals surface area contributed by atoms with Crippen LogP contribution in [0, 0.1) is 23.7 Å². The number of aliphatic hydroxyl groups is 2. The zero-order valence-electron chi connectivity index (χ0n) is 18.8. The molecule has 1 fully saturated rings. The van der Waals surface area contributed by atoms with Gasteiger partial charge in [0.15, 0.2) is 0 Å². The van der Waals surface area contributed by atoms with Crippen LogP contribution in [0.3, 0.4) is 0 Å². The Morgan fingerprint density at radius 2 is 2.23 bits per heavy atom. The molecule has 3 N–H and O–H groups in total. The Morgan fingerprint density at radius 1 is 1.42 bits per heavy atom. The van der Waals surface area contributed by atoms with Crippen molar-refractivity contribution in [3.05, 3.63) is 41.5 Å². The van der Waals surface area contributed by atoms with E-state index in [2.05, 4.69) is 29.3 Å². The number of fused-ring (bicyclic) bond motifs is 3. The van der Waals surface area contributed by atoms with Crippen molar-refractivity contribution in [2.45, 2.75) is 77.1 Å². The number of benzene rings is 1. The molecule has 1 aromatic rings. The average molecular weight is 426 g/mol. The third-order valence-electron chi connectivity index (χ3n) is 6.43. The molecule has 168 valence electrons. The number of hydrogen-bond acceptors (Lipinski definition) is 4. The van der Waals surface area contributed by atoms with E-state index in [9.17, 15) is 15.0 Å². The predicted octanol–water partition coefficient (Wildman–Crippen LogP) is 3.34. The number of carbonyl (C=O) groups is 1. The van der Waals surface area contributed by atoms with E-state index in [1.807, 2.05) is 32.1 Å². The van der Waals surface area contributed by atoms with E-state index in [4.69, 9.17) is 4.74 Å². The normalized spacial score (nSPS) is 25.8. The lowest BCUT2D eigenvalue weighted by Crippen LogP contribution is -2.22. The Balaban J connectivity index is 1.70. The lowest BCUT2D eigenvalue weighted by atomic mass is 9.86. The van der Waals surface area contributed by atoms with Crippen LogP contribution < -0.4 is 10.1 Å². The summed E-state index contributed by atoms with van der Waals surface area (Å²) < 4.78 is 6.30. The van der Waals surface area contributed by atoms with Gasteiger partial charge in [0.05, 0.1) is 12.2 Å². The van der Waals surface area contributed by atoms with Gasteiger partial charge in [-0.3, -0.25) is 4.79 Å². The summed E-state index contributed by atoms with van der Waals surface area (Å²) >= 11 is 0. The summed E-state index contributed by atoms with van der Waals surface area (Å²) in [5, 5.41) is 23.9. The lowest BCUT2D eigenvalue weighted by Gasteiger charge is -2.19. The van der Waals surface area contributed by atoms with Crippen molar-refractivity contribution in [2.24, 2.45) is 11.8 Å². The first-order valence-corrected chi connectivity index (χ1v) is 11.4. The van der Waals surface area contributed by atoms with Crippen LogP contribution in [0.5, 0.6) is 5.75 Å². The van der Waals surface area contributed by atoms with Gasteiger partial charge in [-0.05, 0) is 38.2 Å². The van der Waals surface area contributed by atoms with Gasteiger partial charge >= 0.3 is 0 Å². The molecule has 0 spiro atoms. The van der Waals surface area contributed by atoms with E-state index >= 15 is 0 Å². The highest BCUT2D eigenvalue weighted by Crippen LogP contribution is 2.52. The highest BCUT2D eigenvalue weighted by atomic mass is 16.5. The van der Waals surface area contributed by atoms with Crippen LogP contribution in [0.4, 0.5) is 0 Å². The van der Waals surface area contributed by atoms with Crippen LogP contribution in [0.25, 0.3) is 0 Å². The summed E-state index contributed by atoms with van der Waals surface area (Å²) in [4.78, 5) is 11.7. The Labute approximate surface area is 185 Å². The monoisotopic (exact) mass is 425 g/mol. The Hall–Kier alpha value is -2.29. The molecule has 6 atom stereocenters. The van der Waals surface area contributed by atoms with Crippen molar-refractivity contribution in [1.82, 2.24) is 5.32 Å². The first-order chi connectivity index (χ1) is 15.0. The van der Waals surface area contributed by atoms with E-state index in [0.717, 1.165) is 29.7 Å². The fourth-order valence-electron chi connectivity index (χ4n) is 4.71. The zero-order chi connectivity index (χ0) is 22.4. The van der Waals surface area contributed by atoms with Gasteiger partial charge in [-0.2, -0.15) is 0 Å². The fraction of sp³-hybridized carbons (Fsp3) is 0.577. The molecule has 0 saturated heterocycles. The second-order valence-corrected chi connectivity index (χ2v) is 8.69. The first-order valence-electron chi connectivity index (χ1n) is 11.4. The van der Waals surface area contributed by atoms with Crippen molar-refractivity contribution in [3.8, 4) is 17.6 Å². The summed E-state index contributed by atoms with van der Waals surface area (Å²) in [6.07, 6.45) is 5.95. The van der Waals surface area contributed by atoms with Crippen molar-refractivity contribution >= 4 is 5.91 Å². The summed E-state index contributed by atoms with van der Waals surface area (Å²) in [5.41, 5.74) is 2.26.